The summed E-state index contributed by atoms with van der Waals surface area (Å²) in [6, 6.07) is 5.57. The second kappa shape index (κ2) is 7.30. The highest BCUT2D eigenvalue weighted by atomic mass is 32.2. The van der Waals surface area contributed by atoms with Gasteiger partial charge in [-0.15, -0.1) is 11.8 Å². The standard InChI is InChI=1S/C16H26FNS/c1-6-12(2)11-19-15-8-7-13(9-14(15)17)10-18-16(3,4)5/h7-9,12,18H,6,10-11H2,1-5H3. The molecule has 1 N–H and O–H groups in total. The zero-order valence-electron chi connectivity index (χ0n) is 12.7. The van der Waals surface area contributed by atoms with Crippen LogP contribution >= 0.6 is 11.8 Å². The number of nitrogens with one attached hydrogen (secondary N) is 1. The first-order valence-corrected chi connectivity index (χ1v) is 7.96. The van der Waals surface area contributed by atoms with Crippen molar-refractivity contribution in [1.82, 2.24) is 5.32 Å². The Labute approximate surface area is 121 Å². The van der Waals surface area contributed by atoms with E-state index < -0.39 is 0 Å². The number of rotatable bonds is 6. The predicted molar refractivity (Wildman–Crippen MR) is 83.2 cm³/mol. The Bertz CT molecular complexity index is 398. The van der Waals surface area contributed by atoms with Gasteiger partial charge in [0.2, 0.25) is 0 Å². The Morgan fingerprint density at radius 2 is 2.00 bits per heavy atom. The Morgan fingerprint density at radius 3 is 2.53 bits per heavy atom. The van der Waals surface area contributed by atoms with Gasteiger partial charge in [0.05, 0.1) is 0 Å². The predicted octanol–water partition coefficient (Wildman–Crippen LogP) is 4.85. The van der Waals surface area contributed by atoms with Gasteiger partial charge in [-0.2, -0.15) is 0 Å². The molecule has 108 valence electrons. The zero-order chi connectivity index (χ0) is 14.5. The van der Waals surface area contributed by atoms with Crippen molar-refractivity contribution >= 4 is 11.8 Å². The molecule has 0 aliphatic carbocycles. The second-order valence-corrected chi connectivity index (χ2v) is 7.25. The third-order valence-electron chi connectivity index (χ3n) is 3.04. The van der Waals surface area contributed by atoms with Gasteiger partial charge < -0.3 is 5.32 Å². The lowest BCUT2D eigenvalue weighted by molar-refractivity contribution is 0.423. The maximum absolute atomic E-state index is 14.0. The summed E-state index contributed by atoms with van der Waals surface area (Å²) in [6.45, 7) is 11.4. The molecule has 19 heavy (non-hydrogen) atoms. The highest BCUT2D eigenvalue weighted by Crippen LogP contribution is 2.25. The molecule has 0 bridgehead atoms. The van der Waals surface area contributed by atoms with E-state index in [0.717, 1.165) is 22.6 Å². The fraction of sp³-hybridized carbons (Fsp3) is 0.625. The lowest BCUT2D eigenvalue weighted by Gasteiger charge is -2.20. The van der Waals surface area contributed by atoms with Gasteiger partial charge in [0.25, 0.3) is 0 Å². The molecule has 1 rings (SSSR count). The quantitative estimate of drug-likeness (QED) is 0.749. The molecular weight excluding hydrogens is 257 g/mol. The van der Waals surface area contributed by atoms with E-state index in [1.807, 2.05) is 12.1 Å². The zero-order valence-corrected chi connectivity index (χ0v) is 13.5. The number of thioether (sulfide) groups is 1. The van der Waals surface area contributed by atoms with Crippen LogP contribution in [0.1, 0.15) is 46.6 Å². The molecule has 0 saturated heterocycles. The molecule has 0 saturated carbocycles. The summed E-state index contributed by atoms with van der Waals surface area (Å²) in [6.07, 6.45) is 1.14. The summed E-state index contributed by atoms with van der Waals surface area (Å²) in [5.41, 5.74) is 1.06. The van der Waals surface area contributed by atoms with Crippen molar-refractivity contribution in [1.29, 1.82) is 0 Å². The maximum atomic E-state index is 14.0. The van der Waals surface area contributed by atoms with E-state index in [-0.39, 0.29) is 11.4 Å². The molecule has 3 heteroatoms. The molecule has 1 nitrogen and oxygen atoms in total. The smallest absolute Gasteiger partial charge is 0.137 e. The molecule has 0 aromatic heterocycles. The van der Waals surface area contributed by atoms with Gasteiger partial charge >= 0.3 is 0 Å². The van der Waals surface area contributed by atoms with Crippen molar-refractivity contribution in [3.8, 4) is 0 Å². The lowest BCUT2D eigenvalue weighted by atomic mass is 10.1. The molecule has 1 aromatic rings. The summed E-state index contributed by atoms with van der Waals surface area (Å²) in [7, 11) is 0. The van der Waals surface area contributed by atoms with Crippen LogP contribution in [0.3, 0.4) is 0 Å². The normalized spacial score (nSPS) is 13.6. The van der Waals surface area contributed by atoms with Crippen LogP contribution in [0.15, 0.2) is 23.1 Å². The minimum Gasteiger partial charge on any atom is -0.308 e. The molecule has 0 spiro atoms. The lowest BCUT2D eigenvalue weighted by Crippen LogP contribution is -2.35. The average molecular weight is 283 g/mol. The third-order valence-corrected chi connectivity index (χ3v) is 4.42. The molecule has 1 aromatic carbocycles. The highest BCUT2D eigenvalue weighted by molar-refractivity contribution is 7.99. The molecule has 1 atom stereocenters. The van der Waals surface area contributed by atoms with Gasteiger partial charge in [-0.25, -0.2) is 4.39 Å². The van der Waals surface area contributed by atoms with E-state index in [0.29, 0.717) is 12.5 Å². The van der Waals surface area contributed by atoms with Crippen LogP contribution in [0.5, 0.6) is 0 Å². The minimum atomic E-state index is -0.0958. The van der Waals surface area contributed by atoms with Gasteiger partial charge in [-0.3, -0.25) is 0 Å². The van der Waals surface area contributed by atoms with Crippen molar-refractivity contribution in [3.63, 3.8) is 0 Å². The maximum Gasteiger partial charge on any atom is 0.137 e. The van der Waals surface area contributed by atoms with Crippen molar-refractivity contribution < 1.29 is 4.39 Å². The SMILES string of the molecule is CCC(C)CSc1ccc(CNC(C)(C)C)cc1F. The van der Waals surface area contributed by atoms with Gasteiger partial charge in [0.15, 0.2) is 0 Å². The van der Waals surface area contributed by atoms with Crippen molar-refractivity contribution in [2.75, 3.05) is 5.75 Å². The third kappa shape index (κ3) is 6.44. The monoisotopic (exact) mass is 283 g/mol. The minimum absolute atomic E-state index is 0.0560. The topological polar surface area (TPSA) is 12.0 Å². The van der Waals surface area contributed by atoms with Gasteiger partial charge in [-0.1, -0.05) is 26.3 Å². The summed E-state index contributed by atoms with van der Waals surface area (Å²) in [4.78, 5) is 0.764. The Balaban J connectivity index is 2.59. The average Bonchev–Trinajstić information content (AvgIpc) is 2.34. The molecule has 0 radical (unpaired) electrons. The van der Waals surface area contributed by atoms with E-state index in [9.17, 15) is 4.39 Å². The van der Waals surface area contributed by atoms with Crippen LogP contribution in [0.2, 0.25) is 0 Å². The molecular formula is C16H26FNS. The summed E-state index contributed by atoms with van der Waals surface area (Å²) in [5.74, 6) is 1.51. The van der Waals surface area contributed by atoms with Crippen molar-refractivity contribution in [2.45, 2.75) is 58.0 Å². The molecule has 0 heterocycles. The van der Waals surface area contributed by atoms with Crippen LogP contribution in [0.25, 0.3) is 0 Å². The van der Waals surface area contributed by atoms with Crippen molar-refractivity contribution in [3.05, 3.63) is 29.6 Å². The fourth-order valence-corrected chi connectivity index (χ4v) is 2.55. The van der Waals surface area contributed by atoms with Crippen LogP contribution in [0, 0.1) is 11.7 Å². The molecule has 1 unspecified atom stereocenters. The first-order valence-electron chi connectivity index (χ1n) is 6.98. The van der Waals surface area contributed by atoms with E-state index in [1.54, 1.807) is 17.8 Å². The first kappa shape index (κ1) is 16.5. The van der Waals surface area contributed by atoms with Crippen LogP contribution < -0.4 is 5.32 Å². The number of benzene rings is 1. The number of hydrogen-bond acceptors (Lipinski definition) is 2. The number of halogens is 1. The molecule has 0 fully saturated rings. The van der Waals surface area contributed by atoms with Crippen molar-refractivity contribution in [2.24, 2.45) is 5.92 Å². The van der Waals surface area contributed by atoms with Crippen LogP contribution in [-0.2, 0) is 6.54 Å². The Hall–Kier alpha value is -0.540. The molecule has 0 aliphatic rings. The summed E-state index contributed by atoms with van der Waals surface area (Å²) < 4.78 is 14.0. The van der Waals surface area contributed by atoms with E-state index >= 15 is 0 Å². The summed E-state index contributed by atoms with van der Waals surface area (Å²) >= 11 is 1.62. The fourth-order valence-electron chi connectivity index (χ4n) is 1.49. The summed E-state index contributed by atoms with van der Waals surface area (Å²) in [5, 5.41) is 3.37. The molecule has 0 amide bonds. The van der Waals surface area contributed by atoms with E-state index in [4.69, 9.17) is 0 Å². The Morgan fingerprint density at radius 1 is 1.32 bits per heavy atom. The first-order chi connectivity index (χ1) is 8.81. The van der Waals surface area contributed by atoms with Crippen LogP contribution in [-0.4, -0.2) is 11.3 Å². The van der Waals surface area contributed by atoms with E-state index in [1.165, 1.54) is 0 Å². The largest absolute Gasteiger partial charge is 0.308 e. The Kier molecular flexibility index (Phi) is 6.34. The van der Waals surface area contributed by atoms with Gasteiger partial charge in [-0.05, 0) is 44.4 Å². The second-order valence-electron chi connectivity index (χ2n) is 6.19. The molecule has 0 aliphatic heterocycles. The van der Waals surface area contributed by atoms with E-state index in [2.05, 4.69) is 39.9 Å². The van der Waals surface area contributed by atoms with Gasteiger partial charge in [0.1, 0.15) is 5.82 Å². The van der Waals surface area contributed by atoms with Crippen LogP contribution in [0.4, 0.5) is 4.39 Å². The number of hydrogen-bond donors (Lipinski definition) is 1. The highest BCUT2D eigenvalue weighted by Gasteiger charge is 2.10. The van der Waals surface area contributed by atoms with Gasteiger partial charge in [0, 0.05) is 22.7 Å².